The van der Waals surface area contributed by atoms with Crippen molar-refractivity contribution in [2.75, 3.05) is 7.11 Å². The van der Waals surface area contributed by atoms with Gasteiger partial charge in [0.1, 0.15) is 0 Å². The van der Waals surface area contributed by atoms with Crippen LogP contribution in [0.5, 0.6) is 11.5 Å². The van der Waals surface area contributed by atoms with Gasteiger partial charge in [0.05, 0.1) is 18.9 Å². The molecule has 0 saturated heterocycles. The lowest BCUT2D eigenvalue weighted by molar-refractivity contribution is -0.0208. The summed E-state index contributed by atoms with van der Waals surface area (Å²) < 4.78 is 12.0. The molecule has 3 aromatic carbocycles. The highest BCUT2D eigenvalue weighted by Crippen LogP contribution is 2.51. The fraction of sp³-hybridized carbons (Fsp3) is 0.174. The van der Waals surface area contributed by atoms with Gasteiger partial charge in [-0.3, -0.25) is 0 Å². The van der Waals surface area contributed by atoms with E-state index in [1.807, 2.05) is 59.6 Å². The van der Waals surface area contributed by atoms with E-state index in [1.165, 1.54) is 0 Å². The number of hydrogen-bond donors (Lipinski definition) is 0. The molecule has 2 atom stereocenters. The summed E-state index contributed by atoms with van der Waals surface area (Å²) in [5.41, 5.74) is 4.14. The van der Waals surface area contributed by atoms with E-state index in [4.69, 9.17) is 26.2 Å². The first-order chi connectivity index (χ1) is 13.8. The number of nitrogens with zero attached hydrogens (tertiary/aromatic N) is 2. The summed E-state index contributed by atoms with van der Waals surface area (Å²) in [4.78, 5) is 0. The topological polar surface area (TPSA) is 34.1 Å². The van der Waals surface area contributed by atoms with Gasteiger partial charge in [-0.25, -0.2) is 5.01 Å². The summed E-state index contributed by atoms with van der Waals surface area (Å²) in [5, 5.41) is 7.65. The molecule has 0 N–H and O–H groups in total. The van der Waals surface area contributed by atoms with Crippen LogP contribution < -0.4 is 9.47 Å². The molecule has 3 aromatic rings. The van der Waals surface area contributed by atoms with Gasteiger partial charge >= 0.3 is 0 Å². The molecule has 0 radical (unpaired) electrons. The summed E-state index contributed by atoms with van der Waals surface area (Å²) in [6.07, 6.45) is 0.387. The zero-order chi connectivity index (χ0) is 19.1. The van der Waals surface area contributed by atoms with Crippen molar-refractivity contribution in [3.05, 3.63) is 94.5 Å². The van der Waals surface area contributed by atoms with Gasteiger partial charge in [-0.05, 0) is 17.7 Å². The summed E-state index contributed by atoms with van der Waals surface area (Å²) in [7, 11) is 1.66. The van der Waals surface area contributed by atoms with Crippen LogP contribution in [0, 0.1) is 0 Å². The molecule has 0 saturated carbocycles. The SMILES string of the molecule is COc1cccc2c1O[C@@H](c1ccccc1Cl)N1N=C(c3ccccc3)C[C@@H]21. The van der Waals surface area contributed by atoms with E-state index in [0.29, 0.717) is 5.02 Å². The summed E-state index contributed by atoms with van der Waals surface area (Å²) >= 11 is 6.52. The van der Waals surface area contributed by atoms with E-state index in [-0.39, 0.29) is 6.04 Å². The van der Waals surface area contributed by atoms with Crippen LogP contribution in [0.25, 0.3) is 0 Å². The standard InChI is InChI=1S/C23H19ClN2O2/c1-27-21-13-7-11-17-20-14-19(15-8-3-2-4-9-15)25-26(20)23(28-22(17)21)16-10-5-6-12-18(16)24/h2-13,20,23H,14H2,1H3/t20-,23-/m0/s1. The molecule has 0 fully saturated rings. The van der Waals surface area contributed by atoms with Crippen LogP contribution in [0.3, 0.4) is 0 Å². The third kappa shape index (κ3) is 2.72. The lowest BCUT2D eigenvalue weighted by Gasteiger charge is -2.38. The fourth-order valence-electron chi connectivity index (χ4n) is 3.93. The van der Waals surface area contributed by atoms with Gasteiger partial charge in [0.15, 0.2) is 11.5 Å². The molecule has 5 heteroatoms. The minimum Gasteiger partial charge on any atom is -0.493 e. The Hall–Kier alpha value is -2.98. The van der Waals surface area contributed by atoms with Crippen molar-refractivity contribution in [2.45, 2.75) is 18.7 Å². The van der Waals surface area contributed by atoms with E-state index in [2.05, 4.69) is 18.2 Å². The number of hydrazone groups is 1. The number of para-hydroxylation sites is 1. The first-order valence-corrected chi connectivity index (χ1v) is 9.63. The smallest absolute Gasteiger partial charge is 0.215 e. The number of fused-ring (bicyclic) bond motifs is 3. The Labute approximate surface area is 169 Å². The third-order valence-corrected chi connectivity index (χ3v) is 5.62. The van der Waals surface area contributed by atoms with Crippen molar-refractivity contribution in [1.82, 2.24) is 5.01 Å². The Morgan fingerprint density at radius 2 is 1.71 bits per heavy atom. The van der Waals surface area contributed by atoms with Gasteiger partial charge in [0, 0.05) is 22.6 Å². The minimum absolute atomic E-state index is 0.0651. The molecule has 5 rings (SSSR count). The normalized spacial score (nSPS) is 20.1. The lowest BCUT2D eigenvalue weighted by Crippen LogP contribution is -2.34. The number of methoxy groups -OCH3 is 1. The molecule has 2 aliphatic heterocycles. The Balaban J connectivity index is 1.65. The van der Waals surface area contributed by atoms with Gasteiger partial charge < -0.3 is 9.47 Å². The first-order valence-electron chi connectivity index (χ1n) is 9.25. The molecule has 28 heavy (non-hydrogen) atoms. The Morgan fingerprint density at radius 1 is 0.964 bits per heavy atom. The minimum atomic E-state index is -0.413. The van der Waals surface area contributed by atoms with Gasteiger partial charge in [-0.1, -0.05) is 72.3 Å². The number of halogens is 1. The van der Waals surface area contributed by atoms with Crippen molar-refractivity contribution >= 4 is 17.3 Å². The Bertz CT molecular complexity index is 1050. The molecular weight excluding hydrogens is 372 g/mol. The zero-order valence-corrected chi connectivity index (χ0v) is 16.1. The van der Waals surface area contributed by atoms with Crippen molar-refractivity contribution in [2.24, 2.45) is 5.10 Å². The molecular formula is C23H19ClN2O2. The van der Waals surface area contributed by atoms with Crippen LogP contribution in [0.4, 0.5) is 0 Å². The van der Waals surface area contributed by atoms with Crippen molar-refractivity contribution < 1.29 is 9.47 Å². The first kappa shape index (κ1) is 17.1. The van der Waals surface area contributed by atoms with Crippen molar-refractivity contribution in [1.29, 1.82) is 0 Å². The predicted molar refractivity (Wildman–Crippen MR) is 110 cm³/mol. The quantitative estimate of drug-likeness (QED) is 0.584. The number of hydrogen-bond acceptors (Lipinski definition) is 4. The molecule has 0 unspecified atom stereocenters. The second-order valence-electron chi connectivity index (χ2n) is 6.88. The van der Waals surface area contributed by atoms with Crippen LogP contribution in [-0.4, -0.2) is 17.8 Å². The maximum atomic E-state index is 6.52. The highest BCUT2D eigenvalue weighted by atomic mass is 35.5. The molecule has 2 heterocycles. The van der Waals surface area contributed by atoms with Gasteiger partial charge in [0.2, 0.25) is 6.23 Å². The predicted octanol–water partition coefficient (Wildman–Crippen LogP) is 5.59. The second-order valence-corrected chi connectivity index (χ2v) is 7.29. The summed E-state index contributed by atoms with van der Waals surface area (Å²) in [6, 6.07) is 24.1. The van der Waals surface area contributed by atoms with Gasteiger partial charge in [-0.15, -0.1) is 0 Å². The fourth-order valence-corrected chi connectivity index (χ4v) is 4.16. The van der Waals surface area contributed by atoms with E-state index >= 15 is 0 Å². The monoisotopic (exact) mass is 390 g/mol. The number of rotatable bonds is 3. The van der Waals surface area contributed by atoms with Crippen LogP contribution >= 0.6 is 11.6 Å². The summed E-state index contributed by atoms with van der Waals surface area (Å²) in [6.45, 7) is 0. The van der Waals surface area contributed by atoms with Crippen LogP contribution in [0.2, 0.25) is 5.02 Å². The van der Waals surface area contributed by atoms with Crippen LogP contribution in [0.1, 0.15) is 35.4 Å². The highest BCUT2D eigenvalue weighted by Gasteiger charge is 2.42. The van der Waals surface area contributed by atoms with E-state index in [1.54, 1.807) is 7.11 Å². The average Bonchev–Trinajstić information content (AvgIpc) is 3.20. The molecule has 2 aliphatic rings. The largest absolute Gasteiger partial charge is 0.493 e. The Kier molecular flexibility index (Phi) is 4.21. The average molecular weight is 391 g/mol. The second kappa shape index (κ2) is 6.88. The molecule has 0 aliphatic carbocycles. The van der Waals surface area contributed by atoms with Crippen LogP contribution in [-0.2, 0) is 0 Å². The molecule has 140 valence electrons. The maximum absolute atomic E-state index is 6.52. The lowest BCUT2D eigenvalue weighted by atomic mass is 9.95. The van der Waals surface area contributed by atoms with Crippen molar-refractivity contribution in [3.8, 4) is 11.5 Å². The molecule has 4 nitrogen and oxygen atoms in total. The maximum Gasteiger partial charge on any atom is 0.215 e. The van der Waals surface area contributed by atoms with E-state index in [0.717, 1.165) is 40.3 Å². The highest BCUT2D eigenvalue weighted by molar-refractivity contribution is 6.31. The van der Waals surface area contributed by atoms with E-state index in [9.17, 15) is 0 Å². The van der Waals surface area contributed by atoms with Crippen LogP contribution in [0.15, 0.2) is 77.9 Å². The zero-order valence-electron chi connectivity index (χ0n) is 15.4. The number of benzene rings is 3. The molecule has 0 aromatic heterocycles. The van der Waals surface area contributed by atoms with Gasteiger partial charge in [0.25, 0.3) is 0 Å². The van der Waals surface area contributed by atoms with Gasteiger partial charge in [-0.2, -0.15) is 5.10 Å². The number of ether oxygens (including phenoxy) is 2. The summed E-state index contributed by atoms with van der Waals surface area (Å²) in [5.74, 6) is 1.49. The van der Waals surface area contributed by atoms with E-state index < -0.39 is 6.23 Å². The molecule has 0 amide bonds. The Morgan fingerprint density at radius 3 is 2.50 bits per heavy atom. The van der Waals surface area contributed by atoms with Crippen molar-refractivity contribution in [3.63, 3.8) is 0 Å². The molecule has 0 bridgehead atoms. The third-order valence-electron chi connectivity index (χ3n) is 5.28. The molecule has 0 spiro atoms.